The smallest absolute Gasteiger partial charge is 0.325 e. The lowest BCUT2D eigenvalue weighted by molar-refractivity contribution is -0.118. The van der Waals surface area contributed by atoms with Gasteiger partial charge in [-0.2, -0.15) is 5.26 Å². The minimum absolute atomic E-state index is 0.235. The standard InChI is InChI=1S/C15H17N3O2/c1-3-4-5-12-14(19)18(15(20)17-12)13-8-11(9-16)7-6-10(13)2/h6-8,12H,3-5H2,1-2H3,(H,17,20)/t12-/m1/s1. The molecule has 0 bridgehead atoms. The molecule has 3 amide bonds. The molecular weight excluding hydrogens is 254 g/mol. The summed E-state index contributed by atoms with van der Waals surface area (Å²) in [6.07, 6.45) is 2.51. The zero-order chi connectivity index (χ0) is 14.7. The first kappa shape index (κ1) is 14.1. The predicted molar refractivity (Wildman–Crippen MR) is 75.2 cm³/mol. The fraction of sp³-hybridized carbons (Fsp3) is 0.400. The molecule has 0 aromatic heterocycles. The highest BCUT2D eigenvalue weighted by atomic mass is 16.2. The van der Waals surface area contributed by atoms with Crippen LogP contribution in [-0.2, 0) is 4.79 Å². The predicted octanol–water partition coefficient (Wildman–Crippen LogP) is 2.48. The Hall–Kier alpha value is -2.35. The number of unbranched alkanes of at least 4 members (excludes halogenated alkanes) is 1. The second-order valence-corrected chi connectivity index (χ2v) is 4.93. The van der Waals surface area contributed by atoms with Gasteiger partial charge in [0, 0.05) is 0 Å². The lowest BCUT2D eigenvalue weighted by Gasteiger charge is -2.16. The van der Waals surface area contributed by atoms with Gasteiger partial charge in [-0.25, -0.2) is 9.69 Å². The number of benzene rings is 1. The fourth-order valence-electron chi connectivity index (χ4n) is 2.28. The number of hydrogen-bond donors (Lipinski definition) is 1. The Labute approximate surface area is 118 Å². The summed E-state index contributed by atoms with van der Waals surface area (Å²) in [5.74, 6) is -0.235. The number of carbonyl (C=O) groups is 2. The van der Waals surface area contributed by atoms with Gasteiger partial charge in [0.2, 0.25) is 0 Å². The number of nitrogens with one attached hydrogen (secondary N) is 1. The van der Waals surface area contributed by atoms with Crippen molar-refractivity contribution >= 4 is 17.6 Å². The van der Waals surface area contributed by atoms with Gasteiger partial charge in [-0.05, 0) is 31.0 Å². The summed E-state index contributed by atoms with van der Waals surface area (Å²) >= 11 is 0. The van der Waals surface area contributed by atoms with E-state index in [1.165, 1.54) is 0 Å². The number of anilines is 1. The number of amides is 3. The van der Waals surface area contributed by atoms with Crippen molar-refractivity contribution in [2.45, 2.75) is 39.2 Å². The highest BCUT2D eigenvalue weighted by Gasteiger charge is 2.39. The van der Waals surface area contributed by atoms with E-state index in [9.17, 15) is 9.59 Å². The largest absolute Gasteiger partial charge is 0.329 e. The summed E-state index contributed by atoms with van der Waals surface area (Å²) in [5, 5.41) is 11.6. The Morgan fingerprint density at radius 2 is 2.15 bits per heavy atom. The minimum atomic E-state index is -0.451. The lowest BCUT2D eigenvalue weighted by atomic mass is 10.1. The molecule has 1 aromatic rings. The van der Waals surface area contributed by atoms with Gasteiger partial charge in [0.05, 0.1) is 17.3 Å². The Morgan fingerprint density at radius 3 is 2.80 bits per heavy atom. The zero-order valence-electron chi connectivity index (χ0n) is 11.6. The highest BCUT2D eigenvalue weighted by molar-refractivity contribution is 6.21. The van der Waals surface area contributed by atoms with Crippen LogP contribution in [0.2, 0.25) is 0 Å². The third-order valence-corrected chi connectivity index (χ3v) is 3.44. The maximum atomic E-state index is 12.3. The fourth-order valence-corrected chi connectivity index (χ4v) is 2.28. The number of carbonyl (C=O) groups excluding carboxylic acids is 2. The van der Waals surface area contributed by atoms with E-state index in [4.69, 9.17) is 5.26 Å². The van der Waals surface area contributed by atoms with Gasteiger partial charge in [-0.3, -0.25) is 4.79 Å². The van der Waals surface area contributed by atoms with E-state index < -0.39 is 12.1 Å². The SMILES string of the molecule is CCCC[C@H]1NC(=O)N(c2cc(C#N)ccc2C)C1=O. The maximum absolute atomic E-state index is 12.3. The summed E-state index contributed by atoms with van der Waals surface area (Å²) in [6, 6.07) is 6.16. The molecule has 20 heavy (non-hydrogen) atoms. The first-order valence-electron chi connectivity index (χ1n) is 6.73. The molecule has 1 fully saturated rings. The molecule has 0 unspecified atom stereocenters. The molecule has 104 valence electrons. The van der Waals surface area contributed by atoms with Gasteiger partial charge in [-0.1, -0.05) is 25.8 Å². The van der Waals surface area contributed by atoms with Gasteiger partial charge in [-0.15, -0.1) is 0 Å². The van der Waals surface area contributed by atoms with Crippen molar-refractivity contribution in [3.8, 4) is 6.07 Å². The second-order valence-electron chi connectivity index (χ2n) is 4.93. The van der Waals surface area contributed by atoms with Crippen molar-refractivity contribution in [1.29, 1.82) is 5.26 Å². The van der Waals surface area contributed by atoms with Crippen LogP contribution in [0, 0.1) is 18.3 Å². The quantitative estimate of drug-likeness (QED) is 0.855. The summed E-state index contributed by atoms with van der Waals surface area (Å²) in [7, 11) is 0. The number of nitriles is 1. The van der Waals surface area contributed by atoms with E-state index in [2.05, 4.69) is 5.32 Å². The molecule has 1 aliphatic rings. The molecule has 1 heterocycles. The second kappa shape index (κ2) is 5.74. The molecule has 1 aromatic carbocycles. The summed E-state index contributed by atoms with van der Waals surface area (Å²) in [4.78, 5) is 25.5. The van der Waals surface area contributed by atoms with Gasteiger partial charge in [0.15, 0.2) is 0 Å². The molecule has 5 nitrogen and oxygen atoms in total. The van der Waals surface area contributed by atoms with Crippen molar-refractivity contribution in [1.82, 2.24) is 5.32 Å². The number of imide groups is 1. The molecule has 0 saturated carbocycles. The first-order valence-corrected chi connectivity index (χ1v) is 6.73. The number of hydrogen-bond acceptors (Lipinski definition) is 3. The molecule has 1 atom stereocenters. The Kier molecular flexibility index (Phi) is 4.04. The topological polar surface area (TPSA) is 73.2 Å². The van der Waals surface area contributed by atoms with Crippen LogP contribution in [0.4, 0.5) is 10.5 Å². The van der Waals surface area contributed by atoms with Gasteiger partial charge in [0.25, 0.3) is 5.91 Å². The molecule has 1 aliphatic heterocycles. The number of nitrogens with zero attached hydrogens (tertiary/aromatic N) is 2. The van der Waals surface area contributed by atoms with E-state index >= 15 is 0 Å². The monoisotopic (exact) mass is 271 g/mol. The summed E-state index contributed by atoms with van der Waals surface area (Å²) in [5.41, 5.74) is 1.72. The van der Waals surface area contributed by atoms with E-state index in [0.29, 0.717) is 17.7 Å². The molecule has 5 heteroatoms. The molecular formula is C15H17N3O2. The van der Waals surface area contributed by atoms with Gasteiger partial charge < -0.3 is 5.32 Å². The molecule has 0 spiro atoms. The van der Waals surface area contributed by atoms with Gasteiger partial charge in [0.1, 0.15) is 6.04 Å². The van der Waals surface area contributed by atoms with Crippen LogP contribution in [0.1, 0.15) is 37.3 Å². The van der Waals surface area contributed by atoms with E-state index in [1.54, 1.807) is 18.2 Å². The van der Waals surface area contributed by atoms with Gasteiger partial charge >= 0.3 is 6.03 Å². The normalized spacial score (nSPS) is 18.1. The molecule has 0 aliphatic carbocycles. The minimum Gasteiger partial charge on any atom is -0.325 e. The molecule has 1 N–H and O–H groups in total. The lowest BCUT2D eigenvalue weighted by Crippen LogP contribution is -2.32. The van der Waals surface area contributed by atoms with Crippen LogP contribution in [0.3, 0.4) is 0 Å². The van der Waals surface area contributed by atoms with E-state index in [-0.39, 0.29) is 5.91 Å². The molecule has 1 saturated heterocycles. The summed E-state index contributed by atoms with van der Waals surface area (Å²) < 4.78 is 0. The number of rotatable bonds is 4. The van der Waals surface area contributed by atoms with Crippen LogP contribution in [0.5, 0.6) is 0 Å². The number of urea groups is 1. The maximum Gasteiger partial charge on any atom is 0.329 e. The van der Waals surface area contributed by atoms with Crippen LogP contribution < -0.4 is 10.2 Å². The highest BCUT2D eigenvalue weighted by Crippen LogP contribution is 2.26. The van der Waals surface area contributed by atoms with Crippen molar-refractivity contribution in [3.05, 3.63) is 29.3 Å². The van der Waals surface area contributed by atoms with Crippen LogP contribution in [0.25, 0.3) is 0 Å². The zero-order valence-corrected chi connectivity index (χ0v) is 11.6. The molecule has 2 rings (SSSR count). The average molecular weight is 271 g/mol. The Balaban J connectivity index is 2.31. The van der Waals surface area contributed by atoms with Crippen molar-refractivity contribution < 1.29 is 9.59 Å². The number of aryl methyl sites for hydroxylation is 1. The third kappa shape index (κ3) is 2.50. The van der Waals surface area contributed by atoms with Crippen molar-refractivity contribution in [2.75, 3.05) is 4.90 Å². The van der Waals surface area contributed by atoms with Crippen molar-refractivity contribution in [3.63, 3.8) is 0 Å². The average Bonchev–Trinajstić information content (AvgIpc) is 2.72. The van der Waals surface area contributed by atoms with Crippen LogP contribution in [-0.4, -0.2) is 18.0 Å². The Bertz CT molecular complexity index is 589. The van der Waals surface area contributed by atoms with Crippen LogP contribution in [0.15, 0.2) is 18.2 Å². The van der Waals surface area contributed by atoms with Crippen LogP contribution >= 0.6 is 0 Å². The Morgan fingerprint density at radius 1 is 1.40 bits per heavy atom. The molecule has 0 radical (unpaired) electrons. The van der Waals surface area contributed by atoms with E-state index in [0.717, 1.165) is 23.3 Å². The first-order chi connectivity index (χ1) is 9.58. The van der Waals surface area contributed by atoms with E-state index in [1.807, 2.05) is 19.9 Å². The van der Waals surface area contributed by atoms with Crippen molar-refractivity contribution in [2.24, 2.45) is 0 Å². The summed E-state index contributed by atoms with van der Waals surface area (Å²) in [6.45, 7) is 3.86. The third-order valence-electron chi connectivity index (χ3n) is 3.44.